The van der Waals surface area contributed by atoms with Gasteiger partial charge in [0.2, 0.25) is 5.96 Å². The standard InChI is InChI=1S/C17H18N4O/c18-17(19)21-20-13-15-10-4-5-11-16(15)22-12-6-9-14-7-2-1-3-8-14/h1-11,13H,12H2,(H4,18,19,21). The Balaban J connectivity index is 1.97. The second-order valence-electron chi connectivity index (χ2n) is 4.43. The Morgan fingerprint density at radius 3 is 2.50 bits per heavy atom. The molecule has 4 N–H and O–H groups in total. The molecular weight excluding hydrogens is 276 g/mol. The van der Waals surface area contributed by atoms with E-state index < -0.39 is 0 Å². The molecule has 0 atom stereocenters. The van der Waals surface area contributed by atoms with E-state index in [2.05, 4.69) is 10.2 Å². The molecule has 0 spiro atoms. The third-order valence-corrected chi connectivity index (χ3v) is 2.73. The van der Waals surface area contributed by atoms with Crippen LogP contribution in [0.15, 0.2) is 70.9 Å². The highest BCUT2D eigenvalue weighted by Gasteiger charge is 1.98. The van der Waals surface area contributed by atoms with Crippen LogP contribution in [-0.2, 0) is 0 Å². The summed E-state index contributed by atoms with van der Waals surface area (Å²) >= 11 is 0. The minimum atomic E-state index is -0.0829. The van der Waals surface area contributed by atoms with Crippen LogP contribution >= 0.6 is 0 Å². The number of rotatable bonds is 6. The Hall–Kier alpha value is -3.08. The van der Waals surface area contributed by atoms with Gasteiger partial charge in [-0.3, -0.25) is 0 Å². The second-order valence-corrected chi connectivity index (χ2v) is 4.43. The van der Waals surface area contributed by atoms with Gasteiger partial charge in [-0.15, -0.1) is 5.10 Å². The second kappa shape index (κ2) is 8.26. The lowest BCUT2D eigenvalue weighted by Crippen LogP contribution is -2.21. The van der Waals surface area contributed by atoms with E-state index in [1.807, 2.05) is 66.7 Å². The molecule has 0 aliphatic rings. The number of nitrogens with zero attached hydrogens (tertiary/aromatic N) is 2. The van der Waals surface area contributed by atoms with Crippen molar-refractivity contribution >= 4 is 18.3 Å². The van der Waals surface area contributed by atoms with Gasteiger partial charge in [-0.05, 0) is 23.8 Å². The highest BCUT2D eigenvalue weighted by atomic mass is 16.5. The maximum Gasteiger partial charge on any atom is 0.211 e. The van der Waals surface area contributed by atoms with Gasteiger partial charge >= 0.3 is 0 Å². The van der Waals surface area contributed by atoms with E-state index in [-0.39, 0.29) is 5.96 Å². The highest BCUT2D eigenvalue weighted by Crippen LogP contribution is 2.16. The summed E-state index contributed by atoms with van der Waals surface area (Å²) in [4.78, 5) is 0. The molecule has 0 aliphatic carbocycles. The van der Waals surface area contributed by atoms with Gasteiger partial charge in [-0.2, -0.15) is 5.10 Å². The average Bonchev–Trinajstić information content (AvgIpc) is 2.53. The molecule has 2 rings (SSSR count). The number of benzene rings is 2. The maximum absolute atomic E-state index is 5.73. The average molecular weight is 294 g/mol. The first-order valence-corrected chi connectivity index (χ1v) is 6.81. The summed E-state index contributed by atoms with van der Waals surface area (Å²) in [7, 11) is 0. The Labute approximate surface area is 129 Å². The molecule has 0 saturated carbocycles. The third kappa shape index (κ3) is 5.13. The van der Waals surface area contributed by atoms with Crippen molar-refractivity contribution in [3.8, 4) is 5.75 Å². The van der Waals surface area contributed by atoms with Gasteiger partial charge in [0.1, 0.15) is 12.4 Å². The highest BCUT2D eigenvalue weighted by molar-refractivity contribution is 5.84. The van der Waals surface area contributed by atoms with Gasteiger partial charge in [0.15, 0.2) is 0 Å². The monoisotopic (exact) mass is 294 g/mol. The molecule has 22 heavy (non-hydrogen) atoms. The number of nitrogens with two attached hydrogens (primary N) is 2. The molecule has 0 aliphatic heterocycles. The summed E-state index contributed by atoms with van der Waals surface area (Å²) in [5.41, 5.74) is 12.4. The summed E-state index contributed by atoms with van der Waals surface area (Å²) < 4.78 is 5.73. The van der Waals surface area contributed by atoms with Crippen molar-refractivity contribution in [1.29, 1.82) is 0 Å². The first kappa shape index (κ1) is 15.3. The van der Waals surface area contributed by atoms with E-state index in [9.17, 15) is 0 Å². The number of para-hydroxylation sites is 1. The van der Waals surface area contributed by atoms with Gasteiger partial charge in [0.25, 0.3) is 0 Å². The Morgan fingerprint density at radius 2 is 1.73 bits per heavy atom. The Kier molecular flexibility index (Phi) is 5.75. The molecule has 0 fully saturated rings. The summed E-state index contributed by atoms with van der Waals surface area (Å²) in [6.07, 6.45) is 5.52. The summed E-state index contributed by atoms with van der Waals surface area (Å²) in [5, 5.41) is 7.36. The fraction of sp³-hybridized carbons (Fsp3) is 0.0588. The van der Waals surface area contributed by atoms with Gasteiger partial charge in [-0.25, -0.2) is 0 Å². The van der Waals surface area contributed by atoms with Crippen LogP contribution in [0.25, 0.3) is 6.08 Å². The van der Waals surface area contributed by atoms with E-state index in [0.717, 1.165) is 16.9 Å². The van der Waals surface area contributed by atoms with Crippen molar-refractivity contribution in [2.24, 2.45) is 21.7 Å². The van der Waals surface area contributed by atoms with Crippen molar-refractivity contribution in [1.82, 2.24) is 0 Å². The predicted octanol–water partition coefficient (Wildman–Crippen LogP) is 2.39. The smallest absolute Gasteiger partial charge is 0.211 e. The van der Waals surface area contributed by atoms with E-state index >= 15 is 0 Å². The van der Waals surface area contributed by atoms with Crippen LogP contribution in [0.2, 0.25) is 0 Å². The zero-order valence-corrected chi connectivity index (χ0v) is 12.1. The molecule has 2 aromatic rings. The largest absolute Gasteiger partial charge is 0.489 e. The first-order valence-electron chi connectivity index (χ1n) is 6.81. The first-order chi connectivity index (χ1) is 10.8. The number of ether oxygens (including phenoxy) is 1. The number of hydrogen-bond donors (Lipinski definition) is 2. The number of guanidine groups is 1. The van der Waals surface area contributed by atoms with E-state index in [1.54, 1.807) is 6.21 Å². The van der Waals surface area contributed by atoms with Crippen LogP contribution in [0.3, 0.4) is 0 Å². The maximum atomic E-state index is 5.73. The molecule has 0 bridgehead atoms. The molecular formula is C17H18N4O. The van der Waals surface area contributed by atoms with Crippen molar-refractivity contribution in [3.63, 3.8) is 0 Å². The number of hydrogen-bond acceptors (Lipinski definition) is 3. The fourth-order valence-electron chi connectivity index (χ4n) is 1.76. The molecule has 2 aromatic carbocycles. The van der Waals surface area contributed by atoms with E-state index in [0.29, 0.717) is 6.61 Å². The minimum Gasteiger partial charge on any atom is -0.489 e. The lowest BCUT2D eigenvalue weighted by molar-refractivity contribution is 0.363. The van der Waals surface area contributed by atoms with Crippen molar-refractivity contribution in [2.75, 3.05) is 6.61 Å². The Morgan fingerprint density at radius 1 is 1.00 bits per heavy atom. The minimum absolute atomic E-state index is 0.0829. The lowest BCUT2D eigenvalue weighted by Gasteiger charge is -2.06. The molecule has 0 amide bonds. The topological polar surface area (TPSA) is 86.0 Å². The van der Waals surface area contributed by atoms with Gasteiger partial charge in [-0.1, -0.05) is 48.5 Å². The normalized spacial score (nSPS) is 10.9. The van der Waals surface area contributed by atoms with Crippen molar-refractivity contribution < 1.29 is 4.74 Å². The molecule has 112 valence electrons. The quantitative estimate of drug-likeness (QED) is 0.487. The lowest BCUT2D eigenvalue weighted by atomic mass is 10.2. The molecule has 5 heteroatoms. The SMILES string of the molecule is NC(N)=NN=Cc1ccccc1OCC=Cc1ccccc1. The van der Waals surface area contributed by atoms with Gasteiger partial charge in [0, 0.05) is 5.56 Å². The summed E-state index contributed by atoms with van der Waals surface area (Å²) in [6.45, 7) is 0.460. The van der Waals surface area contributed by atoms with E-state index in [1.165, 1.54) is 0 Å². The van der Waals surface area contributed by atoms with Crippen LogP contribution in [-0.4, -0.2) is 18.8 Å². The van der Waals surface area contributed by atoms with Crippen LogP contribution in [0.1, 0.15) is 11.1 Å². The zero-order chi connectivity index (χ0) is 15.6. The van der Waals surface area contributed by atoms with Crippen LogP contribution < -0.4 is 16.2 Å². The van der Waals surface area contributed by atoms with Crippen molar-refractivity contribution in [2.45, 2.75) is 0 Å². The molecule has 0 unspecified atom stereocenters. The molecule has 0 heterocycles. The molecule has 0 radical (unpaired) electrons. The van der Waals surface area contributed by atoms with Crippen LogP contribution in [0.4, 0.5) is 0 Å². The molecule has 5 nitrogen and oxygen atoms in total. The van der Waals surface area contributed by atoms with Gasteiger partial charge in [0.05, 0.1) is 6.21 Å². The Bertz CT molecular complexity index is 674. The van der Waals surface area contributed by atoms with Gasteiger partial charge < -0.3 is 16.2 Å². The van der Waals surface area contributed by atoms with Crippen LogP contribution in [0.5, 0.6) is 5.75 Å². The summed E-state index contributed by atoms with van der Waals surface area (Å²) in [5.74, 6) is 0.634. The van der Waals surface area contributed by atoms with Crippen molar-refractivity contribution in [3.05, 3.63) is 71.8 Å². The third-order valence-electron chi connectivity index (χ3n) is 2.73. The summed E-state index contributed by atoms with van der Waals surface area (Å²) in [6, 6.07) is 17.6. The van der Waals surface area contributed by atoms with E-state index in [4.69, 9.17) is 16.2 Å². The molecule has 0 saturated heterocycles. The molecule has 0 aromatic heterocycles. The predicted molar refractivity (Wildman–Crippen MR) is 90.8 cm³/mol. The zero-order valence-electron chi connectivity index (χ0n) is 12.1. The van der Waals surface area contributed by atoms with Crippen LogP contribution in [0, 0.1) is 0 Å². The fourth-order valence-corrected chi connectivity index (χ4v) is 1.76.